The van der Waals surface area contributed by atoms with Gasteiger partial charge in [-0.15, -0.1) is 0 Å². The largest absolute Gasteiger partial charge is 0.474 e. The third kappa shape index (κ3) is 5.07. The van der Waals surface area contributed by atoms with Gasteiger partial charge in [-0.2, -0.15) is 10.1 Å². The summed E-state index contributed by atoms with van der Waals surface area (Å²) in [6.07, 6.45) is 6.52. The van der Waals surface area contributed by atoms with E-state index in [4.69, 9.17) is 27.9 Å². The molecule has 1 aliphatic rings. The first-order valence-electron chi connectivity index (χ1n) is 9.65. The average Bonchev–Trinajstić information content (AvgIpc) is 3.45. The normalized spacial score (nSPS) is 14.2. The first-order valence-corrected chi connectivity index (χ1v) is 10.4. The van der Waals surface area contributed by atoms with E-state index < -0.39 is 5.91 Å². The Hall–Kier alpha value is -2.88. The third-order valence-corrected chi connectivity index (χ3v) is 5.21. The fourth-order valence-electron chi connectivity index (χ4n) is 2.67. The van der Waals surface area contributed by atoms with Gasteiger partial charge in [-0.05, 0) is 31.9 Å². The molecule has 1 atom stereocenters. The highest BCUT2D eigenvalue weighted by Crippen LogP contribution is 2.32. The standard InChI is InChI=1S/C20H20Cl2N6O3/c1-11(10-29)28-9-12(7-24-28)25-20-23-8-14(19(27-20)31-13-5-6-13)18(30)26-17-15(21)3-2-4-16(17)22/h2-4,7-9,11,13,29H,5-6,10H2,1H3,(H,26,30)(H,23,25,27)/t11-/m1/s1. The van der Waals surface area contributed by atoms with E-state index in [1.54, 1.807) is 35.3 Å². The van der Waals surface area contributed by atoms with E-state index in [9.17, 15) is 9.90 Å². The van der Waals surface area contributed by atoms with Crippen molar-refractivity contribution in [3.63, 3.8) is 0 Å². The van der Waals surface area contributed by atoms with Crippen LogP contribution >= 0.6 is 23.2 Å². The second-order valence-electron chi connectivity index (χ2n) is 7.15. The van der Waals surface area contributed by atoms with E-state index >= 15 is 0 Å². The van der Waals surface area contributed by atoms with Crippen molar-refractivity contribution in [2.24, 2.45) is 0 Å². The summed E-state index contributed by atoms with van der Waals surface area (Å²) < 4.78 is 7.47. The quantitative estimate of drug-likeness (QED) is 0.462. The molecule has 1 fully saturated rings. The molecule has 1 amide bonds. The first-order chi connectivity index (χ1) is 14.9. The fourth-order valence-corrected chi connectivity index (χ4v) is 3.16. The van der Waals surface area contributed by atoms with Crippen LogP contribution in [0.1, 0.15) is 36.2 Å². The smallest absolute Gasteiger partial charge is 0.262 e. The number of ether oxygens (including phenoxy) is 1. The highest BCUT2D eigenvalue weighted by molar-refractivity contribution is 6.40. The number of benzene rings is 1. The molecule has 31 heavy (non-hydrogen) atoms. The van der Waals surface area contributed by atoms with Crippen molar-refractivity contribution in [2.45, 2.75) is 31.9 Å². The summed E-state index contributed by atoms with van der Waals surface area (Å²) in [5, 5.41) is 19.8. The highest BCUT2D eigenvalue weighted by atomic mass is 35.5. The van der Waals surface area contributed by atoms with Gasteiger partial charge in [0.05, 0.1) is 40.3 Å². The third-order valence-electron chi connectivity index (χ3n) is 4.58. The van der Waals surface area contributed by atoms with Gasteiger partial charge < -0.3 is 20.5 Å². The van der Waals surface area contributed by atoms with Crippen LogP contribution in [-0.2, 0) is 0 Å². The summed E-state index contributed by atoms with van der Waals surface area (Å²) in [5.41, 5.74) is 1.11. The number of aromatic nitrogens is 4. The Labute approximate surface area is 188 Å². The predicted octanol–water partition coefficient (Wildman–Crippen LogP) is 4.07. The molecule has 1 aliphatic carbocycles. The monoisotopic (exact) mass is 462 g/mol. The van der Waals surface area contributed by atoms with Gasteiger partial charge in [0.25, 0.3) is 5.91 Å². The molecule has 0 unspecified atom stereocenters. The number of para-hydroxylation sites is 1. The minimum absolute atomic E-state index is 0.0198. The average molecular weight is 463 g/mol. The zero-order valence-corrected chi connectivity index (χ0v) is 18.1. The van der Waals surface area contributed by atoms with Crippen LogP contribution in [0.2, 0.25) is 10.0 Å². The Morgan fingerprint density at radius 3 is 2.74 bits per heavy atom. The van der Waals surface area contributed by atoms with Gasteiger partial charge in [-0.1, -0.05) is 29.3 Å². The number of carbonyl (C=O) groups is 1. The Morgan fingerprint density at radius 1 is 1.32 bits per heavy atom. The van der Waals surface area contributed by atoms with Gasteiger partial charge in [0, 0.05) is 12.4 Å². The maximum Gasteiger partial charge on any atom is 0.262 e. The molecule has 2 heterocycles. The van der Waals surface area contributed by atoms with E-state index in [1.807, 2.05) is 6.92 Å². The molecule has 9 nitrogen and oxygen atoms in total. The number of amides is 1. The van der Waals surface area contributed by atoms with E-state index in [1.165, 1.54) is 6.20 Å². The molecule has 1 aromatic carbocycles. The molecule has 0 spiro atoms. The lowest BCUT2D eigenvalue weighted by molar-refractivity contribution is 0.102. The van der Waals surface area contributed by atoms with Gasteiger partial charge in [0.15, 0.2) is 0 Å². The Morgan fingerprint density at radius 2 is 2.06 bits per heavy atom. The number of rotatable bonds is 8. The summed E-state index contributed by atoms with van der Waals surface area (Å²) >= 11 is 12.3. The number of nitrogens with one attached hydrogen (secondary N) is 2. The van der Waals surface area contributed by atoms with Gasteiger partial charge in [0.2, 0.25) is 11.8 Å². The van der Waals surface area contributed by atoms with Crippen molar-refractivity contribution in [2.75, 3.05) is 17.2 Å². The number of aliphatic hydroxyl groups is 1. The molecular formula is C20H20Cl2N6O3. The van der Waals surface area contributed by atoms with Crippen molar-refractivity contribution in [1.82, 2.24) is 19.7 Å². The van der Waals surface area contributed by atoms with Crippen LogP contribution in [-0.4, -0.2) is 43.5 Å². The van der Waals surface area contributed by atoms with Gasteiger partial charge >= 0.3 is 0 Å². The SMILES string of the molecule is C[C@H](CO)n1cc(Nc2ncc(C(=O)Nc3c(Cl)cccc3Cl)c(OC3CC3)n2)cn1. The molecule has 0 radical (unpaired) electrons. The number of nitrogens with zero attached hydrogens (tertiary/aromatic N) is 4. The van der Waals surface area contributed by atoms with Crippen LogP contribution in [0.5, 0.6) is 5.88 Å². The molecule has 0 aliphatic heterocycles. The van der Waals surface area contributed by atoms with Gasteiger partial charge in [-0.3, -0.25) is 9.48 Å². The molecule has 0 saturated heterocycles. The lowest BCUT2D eigenvalue weighted by atomic mass is 10.2. The molecule has 1 saturated carbocycles. The van der Waals surface area contributed by atoms with Crippen molar-refractivity contribution in [3.05, 3.63) is 52.4 Å². The van der Waals surface area contributed by atoms with Crippen LogP contribution < -0.4 is 15.4 Å². The fraction of sp³-hybridized carbons (Fsp3) is 0.300. The van der Waals surface area contributed by atoms with Crippen LogP contribution in [0.3, 0.4) is 0 Å². The minimum atomic E-state index is -0.484. The number of anilines is 3. The second kappa shape index (κ2) is 9.09. The summed E-state index contributed by atoms with van der Waals surface area (Å²) in [7, 11) is 0. The number of halogens is 2. The number of carbonyl (C=O) groups excluding carboxylic acids is 1. The zero-order valence-electron chi connectivity index (χ0n) is 16.5. The Kier molecular flexibility index (Phi) is 6.26. The van der Waals surface area contributed by atoms with Crippen molar-refractivity contribution >= 4 is 46.4 Å². The Bertz CT molecular complexity index is 1080. The molecule has 2 aromatic heterocycles. The van der Waals surface area contributed by atoms with E-state index in [0.29, 0.717) is 21.4 Å². The molecular weight excluding hydrogens is 443 g/mol. The lowest BCUT2D eigenvalue weighted by Gasteiger charge is -2.13. The summed E-state index contributed by atoms with van der Waals surface area (Å²) in [6.45, 7) is 1.81. The molecule has 4 rings (SSSR count). The lowest BCUT2D eigenvalue weighted by Crippen LogP contribution is -2.16. The minimum Gasteiger partial charge on any atom is -0.474 e. The molecule has 3 aromatic rings. The van der Waals surface area contributed by atoms with Crippen molar-refractivity contribution < 1.29 is 14.6 Å². The number of aliphatic hydroxyl groups excluding tert-OH is 1. The maximum absolute atomic E-state index is 12.9. The predicted molar refractivity (Wildman–Crippen MR) is 117 cm³/mol. The van der Waals surface area contributed by atoms with E-state index in [-0.39, 0.29) is 36.1 Å². The molecule has 0 bridgehead atoms. The van der Waals surface area contributed by atoms with E-state index in [0.717, 1.165) is 12.8 Å². The topological polar surface area (TPSA) is 114 Å². The maximum atomic E-state index is 12.9. The first kappa shape index (κ1) is 21.4. The van der Waals surface area contributed by atoms with Crippen molar-refractivity contribution in [1.29, 1.82) is 0 Å². The number of hydrogen-bond donors (Lipinski definition) is 3. The molecule has 162 valence electrons. The van der Waals surface area contributed by atoms with Crippen molar-refractivity contribution in [3.8, 4) is 5.88 Å². The Balaban J connectivity index is 1.57. The zero-order chi connectivity index (χ0) is 22.0. The summed E-state index contributed by atoms with van der Waals surface area (Å²) in [4.78, 5) is 21.5. The van der Waals surface area contributed by atoms with Crippen LogP contribution in [0, 0.1) is 0 Å². The summed E-state index contributed by atoms with van der Waals surface area (Å²) in [5.74, 6) is -0.0715. The highest BCUT2D eigenvalue weighted by Gasteiger charge is 2.28. The number of hydrogen-bond acceptors (Lipinski definition) is 7. The second-order valence-corrected chi connectivity index (χ2v) is 7.96. The van der Waals surface area contributed by atoms with Gasteiger partial charge in [0.1, 0.15) is 11.7 Å². The summed E-state index contributed by atoms with van der Waals surface area (Å²) in [6, 6.07) is 4.79. The molecule has 11 heteroatoms. The molecule has 3 N–H and O–H groups in total. The van der Waals surface area contributed by atoms with Crippen LogP contribution in [0.15, 0.2) is 36.8 Å². The van der Waals surface area contributed by atoms with Crippen LogP contribution in [0.25, 0.3) is 0 Å². The van der Waals surface area contributed by atoms with Gasteiger partial charge in [-0.25, -0.2) is 4.98 Å². The van der Waals surface area contributed by atoms with E-state index in [2.05, 4.69) is 25.7 Å². The van der Waals surface area contributed by atoms with Crippen LogP contribution in [0.4, 0.5) is 17.3 Å².